The van der Waals surface area contributed by atoms with E-state index in [4.69, 9.17) is 18.0 Å². The van der Waals surface area contributed by atoms with Crippen molar-refractivity contribution in [2.75, 3.05) is 5.32 Å². The normalized spacial score (nSPS) is 10.1. The molecule has 1 aromatic heterocycles. The van der Waals surface area contributed by atoms with Crippen LogP contribution in [0.3, 0.4) is 0 Å². The van der Waals surface area contributed by atoms with Gasteiger partial charge in [0.25, 0.3) is 0 Å². The zero-order valence-electron chi connectivity index (χ0n) is 9.15. The van der Waals surface area contributed by atoms with Crippen LogP contribution in [0.2, 0.25) is 0 Å². The molecular weight excluding hydrogens is 317 g/mol. The number of pyridine rings is 1. The Balaban J connectivity index is 2.21. The van der Waals surface area contributed by atoms with E-state index in [1.54, 1.807) is 30.5 Å². The monoisotopic (exact) mass is 325 g/mol. The summed E-state index contributed by atoms with van der Waals surface area (Å²) in [6, 6.07) is 8.20. The Labute approximate surface area is 117 Å². The summed E-state index contributed by atoms with van der Waals surface area (Å²) in [4.78, 5) is 4.29. The maximum atomic E-state index is 13.6. The van der Waals surface area contributed by atoms with Crippen molar-refractivity contribution in [2.45, 2.75) is 0 Å². The van der Waals surface area contributed by atoms with Crippen LogP contribution in [0.1, 0.15) is 5.69 Å². The maximum Gasteiger partial charge on any atom is 0.147 e. The fraction of sp³-hybridized carbons (Fsp3) is 0. The summed E-state index contributed by atoms with van der Waals surface area (Å²) in [7, 11) is 0. The number of nitrogens with one attached hydrogen (secondary N) is 1. The van der Waals surface area contributed by atoms with Crippen LogP contribution in [0.4, 0.5) is 15.8 Å². The third-order valence-electron chi connectivity index (χ3n) is 2.23. The minimum Gasteiger partial charge on any atom is -0.388 e. The van der Waals surface area contributed by atoms with E-state index in [-0.39, 0.29) is 10.8 Å². The van der Waals surface area contributed by atoms with Crippen LogP contribution in [0.15, 0.2) is 41.0 Å². The highest BCUT2D eigenvalue weighted by Gasteiger charge is 2.04. The van der Waals surface area contributed by atoms with Gasteiger partial charge in [0, 0.05) is 4.47 Å². The van der Waals surface area contributed by atoms with Crippen molar-refractivity contribution >= 4 is 44.5 Å². The average molecular weight is 326 g/mol. The van der Waals surface area contributed by atoms with Gasteiger partial charge in [-0.05, 0) is 30.3 Å². The first-order valence-corrected chi connectivity index (χ1v) is 6.24. The van der Waals surface area contributed by atoms with Crippen LogP contribution in [0.5, 0.6) is 0 Å². The summed E-state index contributed by atoms with van der Waals surface area (Å²) in [5.41, 5.74) is 7.02. The summed E-state index contributed by atoms with van der Waals surface area (Å²) in [6.07, 6.45) is 1.55. The van der Waals surface area contributed by atoms with Gasteiger partial charge >= 0.3 is 0 Å². The number of hydrogen-bond donors (Lipinski definition) is 2. The molecule has 0 aliphatic carbocycles. The molecule has 1 heterocycles. The van der Waals surface area contributed by atoms with Crippen molar-refractivity contribution < 1.29 is 4.39 Å². The van der Waals surface area contributed by atoms with Gasteiger partial charge in [0.15, 0.2) is 0 Å². The molecule has 0 aliphatic heterocycles. The van der Waals surface area contributed by atoms with Gasteiger partial charge in [0.1, 0.15) is 10.8 Å². The molecule has 0 bridgehead atoms. The van der Waals surface area contributed by atoms with E-state index in [1.165, 1.54) is 6.07 Å². The molecule has 3 N–H and O–H groups in total. The second-order valence-corrected chi connectivity index (χ2v) is 4.90. The largest absolute Gasteiger partial charge is 0.388 e. The molecule has 0 amide bonds. The second kappa shape index (κ2) is 5.41. The molecule has 0 radical (unpaired) electrons. The molecule has 0 saturated heterocycles. The van der Waals surface area contributed by atoms with Crippen LogP contribution in [0, 0.1) is 5.82 Å². The summed E-state index contributed by atoms with van der Waals surface area (Å²) >= 11 is 8.00. The van der Waals surface area contributed by atoms with Crippen molar-refractivity contribution in [1.82, 2.24) is 4.98 Å². The maximum absolute atomic E-state index is 13.6. The Morgan fingerprint density at radius 2 is 2.11 bits per heavy atom. The predicted molar refractivity (Wildman–Crippen MR) is 77.5 cm³/mol. The van der Waals surface area contributed by atoms with E-state index in [9.17, 15) is 4.39 Å². The number of thiocarbonyl (C=S) groups is 1. The first-order valence-electron chi connectivity index (χ1n) is 5.04. The lowest BCUT2D eigenvalue weighted by Gasteiger charge is -2.08. The SMILES string of the molecule is NC(=S)c1ccc(Nc2ccc(Br)cc2F)cn1. The lowest BCUT2D eigenvalue weighted by molar-refractivity contribution is 0.631. The number of halogens is 2. The van der Waals surface area contributed by atoms with E-state index in [2.05, 4.69) is 26.2 Å². The standard InChI is InChI=1S/C12H9BrFN3S/c13-7-1-3-10(9(14)5-7)17-8-2-4-11(12(15)18)16-6-8/h1-6,17H,(H2,15,18). The van der Waals surface area contributed by atoms with E-state index in [1.807, 2.05) is 0 Å². The van der Waals surface area contributed by atoms with E-state index in [0.29, 0.717) is 21.5 Å². The molecule has 1 aromatic carbocycles. The number of nitrogens with two attached hydrogens (primary N) is 1. The molecule has 2 rings (SSSR count). The number of aromatic nitrogens is 1. The van der Waals surface area contributed by atoms with Crippen LogP contribution in [0.25, 0.3) is 0 Å². The first kappa shape index (κ1) is 12.9. The minimum atomic E-state index is -0.345. The van der Waals surface area contributed by atoms with Gasteiger partial charge < -0.3 is 11.1 Å². The lowest BCUT2D eigenvalue weighted by Crippen LogP contribution is -2.11. The van der Waals surface area contributed by atoms with Gasteiger partial charge in [-0.15, -0.1) is 0 Å². The van der Waals surface area contributed by atoms with E-state index < -0.39 is 0 Å². The van der Waals surface area contributed by atoms with Gasteiger partial charge in [-0.1, -0.05) is 28.1 Å². The molecule has 2 aromatic rings. The van der Waals surface area contributed by atoms with Gasteiger partial charge in [-0.25, -0.2) is 4.39 Å². The summed E-state index contributed by atoms with van der Waals surface area (Å²) in [6.45, 7) is 0. The molecule has 0 saturated carbocycles. The molecule has 3 nitrogen and oxygen atoms in total. The van der Waals surface area contributed by atoms with Crippen LogP contribution in [-0.4, -0.2) is 9.97 Å². The molecule has 0 fully saturated rings. The highest BCUT2D eigenvalue weighted by atomic mass is 79.9. The molecule has 0 unspecified atom stereocenters. The number of rotatable bonds is 3. The Hall–Kier alpha value is -1.53. The van der Waals surface area contributed by atoms with Crippen molar-refractivity contribution in [1.29, 1.82) is 0 Å². The molecule has 0 atom stereocenters. The Kier molecular flexibility index (Phi) is 3.88. The summed E-state index contributed by atoms with van der Waals surface area (Å²) < 4.78 is 14.3. The highest BCUT2D eigenvalue weighted by molar-refractivity contribution is 9.10. The van der Waals surface area contributed by atoms with Gasteiger partial charge in [-0.3, -0.25) is 4.98 Å². The zero-order chi connectivity index (χ0) is 13.1. The van der Waals surface area contributed by atoms with Gasteiger partial charge in [-0.2, -0.15) is 0 Å². The van der Waals surface area contributed by atoms with E-state index in [0.717, 1.165) is 0 Å². The topological polar surface area (TPSA) is 50.9 Å². The Morgan fingerprint density at radius 1 is 1.33 bits per heavy atom. The highest BCUT2D eigenvalue weighted by Crippen LogP contribution is 2.22. The zero-order valence-corrected chi connectivity index (χ0v) is 11.6. The van der Waals surface area contributed by atoms with E-state index >= 15 is 0 Å². The smallest absolute Gasteiger partial charge is 0.147 e. The molecule has 18 heavy (non-hydrogen) atoms. The molecule has 0 spiro atoms. The van der Waals surface area contributed by atoms with Crippen LogP contribution >= 0.6 is 28.1 Å². The van der Waals surface area contributed by atoms with Crippen LogP contribution < -0.4 is 11.1 Å². The average Bonchev–Trinajstić information content (AvgIpc) is 2.33. The van der Waals surface area contributed by atoms with Crippen molar-refractivity contribution in [2.24, 2.45) is 5.73 Å². The molecular formula is C12H9BrFN3S. The lowest BCUT2D eigenvalue weighted by atomic mass is 10.3. The Bertz CT molecular complexity index is 586. The second-order valence-electron chi connectivity index (χ2n) is 3.55. The predicted octanol–water partition coefficient (Wildman–Crippen LogP) is 3.36. The summed E-state index contributed by atoms with van der Waals surface area (Å²) in [5, 5.41) is 2.92. The van der Waals surface area contributed by atoms with Crippen LogP contribution in [-0.2, 0) is 0 Å². The number of nitrogens with zero attached hydrogens (tertiary/aromatic N) is 1. The summed E-state index contributed by atoms with van der Waals surface area (Å²) in [5.74, 6) is -0.345. The third kappa shape index (κ3) is 3.02. The fourth-order valence-corrected chi connectivity index (χ4v) is 1.81. The number of hydrogen-bond acceptors (Lipinski definition) is 3. The first-order chi connectivity index (χ1) is 8.56. The number of anilines is 2. The van der Waals surface area contributed by atoms with Crippen molar-refractivity contribution in [3.8, 4) is 0 Å². The Morgan fingerprint density at radius 3 is 2.67 bits per heavy atom. The number of benzene rings is 1. The minimum absolute atomic E-state index is 0.233. The van der Waals surface area contributed by atoms with Crippen molar-refractivity contribution in [3.05, 3.63) is 52.5 Å². The quantitative estimate of drug-likeness (QED) is 0.849. The van der Waals surface area contributed by atoms with Gasteiger partial charge in [0.05, 0.1) is 23.3 Å². The molecule has 0 aliphatic rings. The fourth-order valence-electron chi connectivity index (χ4n) is 1.36. The third-order valence-corrected chi connectivity index (χ3v) is 2.93. The molecule has 6 heteroatoms. The van der Waals surface area contributed by atoms with Gasteiger partial charge in [0.2, 0.25) is 0 Å². The molecule has 92 valence electrons. The van der Waals surface area contributed by atoms with Crippen molar-refractivity contribution in [3.63, 3.8) is 0 Å².